The van der Waals surface area contributed by atoms with Crippen molar-refractivity contribution in [2.24, 2.45) is 0 Å². The lowest BCUT2D eigenvalue weighted by molar-refractivity contribution is -0.274. The Morgan fingerprint density at radius 1 is 1.25 bits per heavy atom. The van der Waals surface area contributed by atoms with Gasteiger partial charge in [-0.3, -0.25) is 4.98 Å². The summed E-state index contributed by atoms with van der Waals surface area (Å²) in [7, 11) is 0. The van der Waals surface area contributed by atoms with E-state index in [1.54, 1.807) is 10.8 Å². The highest BCUT2D eigenvalue weighted by atomic mass is 19.4. The molecular weight excluding hydrogens is 373 g/mol. The number of halogens is 3. The zero-order valence-electron chi connectivity index (χ0n) is 15.5. The number of nitrogens with zero attached hydrogens (tertiary/aromatic N) is 2. The van der Waals surface area contributed by atoms with Crippen molar-refractivity contribution in [2.45, 2.75) is 39.6 Å². The van der Waals surface area contributed by atoms with Crippen molar-refractivity contribution in [3.63, 3.8) is 0 Å². The number of carboxylic acid groups (broad SMARTS) is 1. The fraction of sp³-hybridized carbons (Fsp3) is 0.300. The summed E-state index contributed by atoms with van der Waals surface area (Å²) < 4.78 is 43.7. The molecule has 3 rings (SSSR count). The number of aromatic carboxylic acids is 1. The maximum absolute atomic E-state index is 12.7. The summed E-state index contributed by atoms with van der Waals surface area (Å²) in [4.78, 5) is 16.1. The highest BCUT2D eigenvalue weighted by Gasteiger charge is 2.32. The SMILES string of the molecule is Cc1ccnc(Cn2c(C(=O)O)cc3cc(OC(F)(F)F)cc(C(C)C)c32)c1. The average Bonchev–Trinajstić information content (AvgIpc) is 2.91. The maximum Gasteiger partial charge on any atom is 0.573 e. The van der Waals surface area contributed by atoms with Gasteiger partial charge in [0.1, 0.15) is 11.4 Å². The summed E-state index contributed by atoms with van der Waals surface area (Å²) in [5, 5.41) is 10.0. The Kier molecular flexibility index (Phi) is 5.06. The van der Waals surface area contributed by atoms with Crippen molar-refractivity contribution < 1.29 is 27.8 Å². The first-order chi connectivity index (χ1) is 13.0. The largest absolute Gasteiger partial charge is 0.573 e. The molecule has 1 N–H and O–H groups in total. The molecule has 0 saturated heterocycles. The molecule has 0 aliphatic carbocycles. The van der Waals surface area contributed by atoms with Crippen LogP contribution in [0, 0.1) is 6.92 Å². The smallest absolute Gasteiger partial charge is 0.477 e. The molecule has 0 bridgehead atoms. The molecule has 2 heterocycles. The van der Waals surface area contributed by atoms with Gasteiger partial charge < -0.3 is 14.4 Å². The number of hydrogen-bond acceptors (Lipinski definition) is 3. The van der Waals surface area contributed by atoms with Crippen LogP contribution in [-0.2, 0) is 6.54 Å². The summed E-state index contributed by atoms with van der Waals surface area (Å²) in [6, 6.07) is 7.56. The lowest BCUT2D eigenvalue weighted by Crippen LogP contribution is -2.17. The van der Waals surface area contributed by atoms with Crippen molar-refractivity contribution in [1.29, 1.82) is 0 Å². The molecule has 0 amide bonds. The topological polar surface area (TPSA) is 64.4 Å². The molecule has 0 unspecified atom stereocenters. The summed E-state index contributed by atoms with van der Waals surface area (Å²) >= 11 is 0. The van der Waals surface area contributed by atoms with E-state index in [2.05, 4.69) is 9.72 Å². The van der Waals surface area contributed by atoms with Gasteiger partial charge in [-0.1, -0.05) is 13.8 Å². The van der Waals surface area contributed by atoms with Crippen LogP contribution in [0.4, 0.5) is 13.2 Å². The van der Waals surface area contributed by atoms with Gasteiger partial charge in [-0.25, -0.2) is 4.79 Å². The zero-order chi connectivity index (χ0) is 20.6. The quantitative estimate of drug-likeness (QED) is 0.655. The van der Waals surface area contributed by atoms with Gasteiger partial charge in [-0.15, -0.1) is 13.2 Å². The predicted molar refractivity (Wildman–Crippen MR) is 97.7 cm³/mol. The molecule has 0 aliphatic rings. The molecule has 8 heteroatoms. The van der Waals surface area contributed by atoms with Crippen LogP contribution in [0.2, 0.25) is 0 Å². The summed E-state index contributed by atoms with van der Waals surface area (Å²) in [6.07, 6.45) is -3.19. The number of carbonyl (C=O) groups is 1. The maximum atomic E-state index is 12.7. The Morgan fingerprint density at radius 2 is 1.96 bits per heavy atom. The molecule has 0 atom stereocenters. The van der Waals surface area contributed by atoms with Crippen LogP contribution in [0.3, 0.4) is 0 Å². The highest BCUT2D eigenvalue weighted by Crippen LogP contribution is 2.35. The van der Waals surface area contributed by atoms with E-state index in [4.69, 9.17) is 0 Å². The molecule has 0 spiro atoms. The third-order valence-electron chi connectivity index (χ3n) is 4.36. The highest BCUT2D eigenvalue weighted by molar-refractivity contribution is 5.96. The summed E-state index contributed by atoms with van der Waals surface area (Å²) in [5.41, 5.74) is 2.74. The van der Waals surface area contributed by atoms with Gasteiger partial charge in [0.05, 0.1) is 17.8 Å². The number of rotatable bonds is 5. The lowest BCUT2D eigenvalue weighted by atomic mass is 10.00. The Morgan fingerprint density at radius 3 is 2.54 bits per heavy atom. The average molecular weight is 392 g/mol. The van der Waals surface area contributed by atoms with Gasteiger partial charge in [0, 0.05) is 11.6 Å². The molecule has 0 fully saturated rings. The van der Waals surface area contributed by atoms with E-state index in [0.29, 0.717) is 22.2 Å². The van der Waals surface area contributed by atoms with Crippen LogP contribution in [-0.4, -0.2) is 27.0 Å². The molecule has 5 nitrogen and oxygen atoms in total. The number of alkyl halides is 3. The minimum absolute atomic E-state index is 0.0237. The third-order valence-corrected chi connectivity index (χ3v) is 4.36. The second-order valence-corrected chi connectivity index (χ2v) is 6.90. The van der Waals surface area contributed by atoms with Gasteiger partial charge in [-0.05, 0) is 54.3 Å². The van der Waals surface area contributed by atoms with E-state index in [0.717, 1.165) is 5.56 Å². The molecule has 3 aromatic rings. The number of carboxylic acids is 1. The Hall–Kier alpha value is -3.03. The van der Waals surface area contributed by atoms with Crippen molar-refractivity contribution in [2.75, 3.05) is 0 Å². The van der Waals surface area contributed by atoms with Crippen LogP contribution in [0.25, 0.3) is 10.9 Å². The molecule has 0 saturated carbocycles. The second-order valence-electron chi connectivity index (χ2n) is 6.90. The normalized spacial score (nSPS) is 12.0. The molecule has 1 aromatic carbocycles. The van der Waals surface area contributed by atoms with Crippen LogP contribution >= 0.6 is 0 Å². The molecule has 28 heavy (non-hydrogen) atoms. The molecular formula is C20H19F3N2O3. The summed E-state index contributed by atoms with van der Waals surface area (Å²) in [5.74, 6) is -1.69. The summed E-state index contributed by atoms with van der Waals surface area (Å²) in [6.45, 7) is 5.74. The standard InChI is InChI=1S/C20H19F3N2O3/c1-11(2)16-9-15(28-20(21,22)23)7-13-8-17(19(26)27)25(18(13)16)10-14-6-12(3)4-5-24-14/h4-9,11H,10H2,1-3H3,(H,26,27). The van der Waals surface area contributed by atoms with E-state index in [1.165, 1.54) is 18.2 Å². The zero-order valence-corrected chi connectivity index (χ0v) is 15.5. The second kappa shape index (κ2) is 7.18. The number of aryl methyl sites for hydroxylation is 1. The van der Waals surface area contributed by atoms with Crippen LogP contribution < -0.4 is 4.74 Å². The van der Waals surface area contributed by atoms with Crippen molar-refractivity contribution in [3.8, 4) is 5.75 Å². The van der Waals surface area contributed by atoms with E-state index < -0.39 is 12.3 Å². The predicted octanol–water partition coefficient (Wildman–Crippen LogP) is 5.11. The van der Waals surface area contributed by atoms with Gasteiger partial charge in [0.2, 0.25) is 0 Å². The van der Waals surface area contributed by atoms with Crippen LogP contribution in [0.5, 0.6) is 5.75 Å². The Labute approximate surface area is 159 Å². The number of fused-ring (bicyclic) bond motifs is 1. The number of benzene rings is 1. The van der Waals surface area contributed by atoms with Crippen LogP contribution in [0.15, 0.2) is 36.5 Å². The van der Waals surface area contributed by atoms with Gasteiger partial charge >= 0.3 is 12.3 Å². The number of aromatic nitrogens is 2. The minimum Gasteiger partial charge on any atom is -0.477 e. The van der Waals surface area contributed by atoms with Gasteiger partial charge in [-0.2, -0.15) is 0 Å². The fourth-order valence-electron chi connectivity index (χ4n) is 3.24. The van der Waals surface area contributed by atoms with E-state index in [9.17, 15) is 23.1 Å². The monoisotopic (exact) mass is 392 g/mol. The van der Waals surface area contributed by atoms with Crippen molar-refractivity contribution >= 4 is 16.9 Å². The van der Waals surface area contributed by atoms with E-state index in [1.807, 2.05) is 32.9 Å². The van der Waals surface area contributed by atoms with Crippen LogP contribution in [0.1, 0.15) is 47.1 Å². The first kappa shape index (κ1) is 19.7. The third kappa shape index (κ3) is 4.11. The lowest BCUT2D eigenvalue weighted by Gasteiger charge is -2.16. The number of hydrogen-bond donors (Lipinski definition) is 1. The fourth-order valence-corrected chi connectivity index (χ4v) is 3.24. The number of pyridine rings is 1. The van der Waals surface area contributed by atoms with E-state index in [-0.39, 0.29) is 23.9 Å². The van der Waals surface area contributed by atoms with Crippen molar-refractivity contribution in [1.82, 2.24) is 9.55 Å². The molecule has 148 valence electrons. The Balaban J connectivity index is 2.23. The minimum atomic E-state index is -4.83. The molecule has 0 radical (unpaired) electrons. The Bertz CT molecular complexity index is 1040. The number of ether oxygens (including phenoxy) is 1. The van der Waals surface area contributed by atoms with Gasteiger partial charge in [0.15, 0.2) is 0 Å². The molecule has 2 aromatic heterocycles. The van der Waals surface area contributed by atoms with Crippen molar-refractivity contribution in [3.05, 3.63) is 59.0 Å². The molecule has 0 aliphatic heterocycles. The van der Waals surface area contributed by atoms with Gasteiger partial charge in [0.25, 0.3) is 0 Å². The first-order valence-electron chi connectivity index (χ1n) is 8.63. The van der Waals surface area contributed by atoms with E-state index >= 15 is 0 Å². The first-order valence-corrected chi connectivity index (χ1v) is 8.63.